The number of aromatic nitrogens is 4. The third-order valence-electron chi connectivity index (χ3n) is 3.81. The van der Waals surface area contributed by atoms with Crippen molar-refractivity contribution in [3.63, 3.8) is 0 Å². The minimum Gasteiger partial charge on any atom is -0.261 e. The van der Waals surface area contributed by atoms with Gasteiger partial charge in [0.05, 0.1) is 24.0 Å². The summed E-state index contributed by atoms with van der Waals surface area (Å²) in [6.45, 7) is 0. The van der Waals surface area contributed by atoms with E-state index in [0.29, 0.717) is 22.4 Å². The van der Waals surface area contributed by atoms with Crippen LogP contribution in [0.1, 0.15) is 11.1 Å². The van der Waals surface area contributed by atoms with Crippen LogP contribution in [0.3, 0.4) is 0 Å². The van der Waals surface area contributed by atoms with Gasteiger partial charge in [-0.05, 0) is 35.4 Å². The third-order valence-corrected chi connectivity index (χ3v) is 3.81. The topological polar surface area (TPSA) is 103 Å². The second kappa shape index (κ2) is 8.21. The molecule has 0 radical (unpaired) electrons. The van der Waals surface area contributed by atoms with Gasteiger partial charge in [-0.3, -0.25) is 10.5 Å². The van der Waals surface area contributed by atoms with Crippen molar-refractivity contribution in [2.75, 3.05) is 10.9 Å². The third kappa shape index (κ3) is 4.56. The lowest BCUT2D eigenvalue weighted by atomic mass is 10.2. The lowest BCUT2D eigenvalue weighted by Gasteiger charge is -2.04. The van der Waals surface area contributed by atoms with E-state index in [4.69, 9.17) is 0 Å². The first kappa shape index (κ1) is 18.2. The van der Waals surface area contributed by atoms with Crippen molar-refractivity contribution in [3.8, 4) is 0 Å². The Morgan fingerprint density at radius 3 is 2.00 bits per heavy atom. The molecule has 2 aromatic carbocycles. The molecule has 144 valence electrons. The predicted molar refractivity (Wildman–Crippen MR) is 107 cm³/mol. The van der Waals surface area contributed by atoms with Crippen molar-refractivity contribution in [3.05, 3.63) is 77.5 Å². The van der Waals surface area contributed by atoms with E-state index < -0.39 is 0 Å². The Morgan fingerprint density at radius 2 is 1.38 bits per heavy atom. The number of hydrogen-bond acceptors (Lipinski definition) is 7. The molecule has 0 aliphatic rings. The summed E-state index contributed by atoms with van der Waals surface area (Å²) in [6.07, 6.45) is 4.61. The summed E-state index contributed by atoms with van der Waals surface area (Å²) in [5.74, 6) is -0.0239. The van der Waals surface area contributed by atoms with E-state index in [9.17, 15) is 8.78 Å². The second-order valence-electron chi connectivity index (χ2n) is 5.87. The normalized spacial score (nSPS) is 11.5. The number of nitrogens with zero attached hydrogens (tertiary/aromatic N) is 5. The fourth-order valence-corrected chi connectivity index (χ4v) is 2.40. The maximum absolute atomic E-state index is 13.0. The number of nitrogens with one attached hydrogen (secondary N) is 3. The van der Waals surface area contributed by atoms with Crippen LogP contribution >= 0.6 is 0 Å². The molecule has 0 fully saturated rings. The molecule has 4 aromatic rings. The number of halogens is 2. The van der Waals surface area contributed by atoms with E-state index in [1.165, 1.54) is 36.7 Å². The molecule has 3 N–H and O–H groups in total. The molecule has 4 rings (SSSR count). The van der Waals surface area contributed by atoms with Crippen LogP contribution in [0.15, 0.2) is 64.9 Å². The largest absolute Gasteiger partial charge is 0.261 e. The van der Waals surface area contributed by atoms with Gasteiger partial charge in [-0.15, -0.1) is 0 Å². The zero-order chi connectivity index (χ0) is 20.1. The van der Waals surface area contributed by atoms with E-state index in [-0.39, 0.29) is 17.6 Å². The summed E-state index contributed by atoms with van der Waals surface area (Å²) in [4.78, 5) is 8.59. The van der Waals surface area contributed by atoms with Crippen LogP contribution in [0.5, 0.6) is 0 Å². The Bertz CT molecular complexity index is 1170. The molecule has 0 spiro atoms. The van der Waals surface area contributed by atoms with Gasteiger partial charge in [0, 0.05) is 0 Å². The highest BCUT2D eigenvalue weighted by Crippen LogP contribution is 2.20. The molecular formula is C19H14F2N8. The molecule has 0 amide bonds. The summed E-state index contributed by atoms with van der Waals surface area (Å²) < 4.78 is 25.9. The van der Waals surface area contributed by atoms with Crippen LogP contribution in [0.25, 0.3) is 11.0 Å². The number of anilines is 2. The quantitative estimate of drug-likeness (QED) is 0.344. The molecule has 0 aliphatic carbocycles. The molecule has 0 aliphatic heterocycles. The molecule has 29 heavy (non-hydrogen) atoms. The van der Waals surface area contributed by atoms with Gasteiger partial charge in [-0.1, -0.05) is 24.3 Å². The van der Waals surface area contributed by atoms with Crippen LogP contribution in [0.4, 0.5) is 20.5 Å². The first-order valence-corrected chi connectivity index (χ1v) is 8.48. The minimum atomic E-state index is -0.319. The number of rotatable bonds is 6. The highest BCUT2D eigenvalue weighted by atomic mass is 19.1. The molecule has 10 heteroatoms. The molecule has 2 heterocycles. The van der Waals surface area contributed by atoms with E-state index in [2.05, 4.69) is 41.2 Å². The van der Waals surface area contributed by atoms with Crippen molar-refractivity contribution in [2.24, 2.45) is 10.2 Å². The summed E-state index contributed by atoms with van der Waals surface area (Å²) in [5.41, 5.74) is 7.46. The highest BCUT2D eigenvalue weighted by molar-refractivity contribution is 5.88. The lowest BCUT2D eigenvalue weighted by molar-refractivity contribution is 0.627. The summed E-state index contributed by atoms with van der Waals surface area (Å²) >= 11 is 0. The maximum atomic E-state index is 13.0. The zero-order valence-electron chi connectivity index (χ0n) is 14.8. The lowest BCUT2D eigenvalue weighted by Crippen LogP contribution is -2.01. The van der Waals surface area contributed by atoms with Crippen molar-refractivity contribution < 1.29 is 8.78 Å². The van der Waals surface area contributed by atoms with Gasteiger partial charge >= 0.3 is 0 Å². The fraction of sp³-hybridized carbons (Fsp3) is 0. The molecule has 0 saturated heterocycles. The van der Waals surface area contributed by atoms with Gasteiger partial charge in [-0.25, -0.2) is 14.2 Å². The minimum absolute atomic E-state index is 0.208. The first-order chi connectivity index (χ1) is 14.2. The molecular weight excluding hydrogens is 378 g/mol. The highest BCUT2D eigenvalue weighted by Gasteiger charge is 2.08. The Kier molecular flexibility index (Phi) is 5.14. The summed E-state index contributed by atoms with van der Waals surface area (Å²) in [6, 6.07) is 11.8. The number of aromatic amines is 1. The average Bonchev–Trinajstić information content (AvgIpc) is 3.20. The Hall–Kier alpha value is -4.21. The fourth-order valence-electron chi connectivity index (χ4n) is 2.40. The Balaban J connectivity index is 1.50. The Labute approximate surface area is 163 Å². The molecule has 0 saturated carbocycles. The van der Waals surface area contributed by atoms with Crippen LogP contribution in [0.2, 0.25) is 0 Å². The first-order valence-electron chi connectivity index (χ1n) is 8.48. The molecule has 8 nitrogen and oxygen atoms in total. The van der Waals surface area contributed by atoms with Crippen LogP contribution < -0.4 is 10.9 Å². The van der Waals surface area contributed by atoms with Gasteiger partial charge in [-0.2, -0.15) is 25.3 Å². The molecule has 2 aromatic heterocycles. The van der Waals surface area contributed by atoms with Crippen molar-refractivity contribution >= 4 is 35.2 Å². The van der Waals surface area contributed by atoms with Crippen LogP contribution in [-0.2, 0) is 0 Å². The maximum Gasteiger partial charge on any atom is 0.247 e. The van der Waals surface area contributed by atoms with Crippen molar-refractivity contribution in [2.45, 2.75) is 0 Å². The smallest absolute Gasteiger partial charge is 0.247 e. The molecule has 0 bridgehead atoms. The van der Waals surface area contributed by atoms with Crippen LogP contribution in [-0.4, -0.2) is 32.6 Å². The summed E-state index contributed by atoms with van der Waals surface area (Å²) in [7, 11) is 0. The Morgan fingerprint density at radius 1 is 0.793 bits per heavy atom. The van der Waals surface area contributed by atoms with Gasteiger partial charge in [0.15, 0.2) is 11.5 Å². The SMILES string of the molecule is Fc1ccc(/C=N/Nc2nc(N/N=C/c3ccc(F)cc3)c3cn[nH]c3n2)cc1. The number of fused-ring (bicyclic) bond motifs is 1. The van der Waals surface area contributed by atoms with E-state index in [0.717, 1.165) is 5.56 Å². The number of hydrazone groups is 2. The molecule has 0 unspecified atom stereocenters. The second-order valence-corrected chi connectivity index (χ2v) is 5.87. The van der Waals surface area contributed by atoms with Crippen LogP contribution in [0, 0.1) is 11.6 Å². The van der Waals surface area contributed by atoms with Gasteiger partial charge in [0.2, 0.25) is 5.95 Å². The van der Waals surface area contributed by atoms with Crippen molar-refractivity contribution in [1.29, 1.82) is 0 Å². The van der Waals surface area contributed by atoms with E-state index >= 15 is 0 Å². The van der Waals surface area contributed by atoms with E-state index in [1.54, 1.807) is 30.5 Å². The van der Waals surface area contributed by atoms with Gasteiger partial charge in [0.25, 0.3) is 0 Å². The standard InChI is InChI=1S/C19H14F2N8/c20-14-5-1-12(2-6-14)9-22-27-17-16-11-24-28-18(16)26-19(25-17)29-23-10-13-3-7-15(21)8-4-13/h1-11H,(H3,24,25,26,27,28,29)/b22-9+,23-10+. The molecule has 0 atom stereocenters. The van der Waals surface area contributed by atoms with Crippen molar-refractivity contribution in [1.82, 2.24) is 20.2 Å². The number of H-pyrrole nitrogens is 1. The van der Waals surface area contributed by atoms with E-state index in [1.807, 2.05) is 0 Å². The monoisotopic (exact) mass is 392 g/mol. The number of hydrogen-bond donors (Lipinski definition) is 3. The number of benzene rings is 2. The summed E-state index contributed by atoms with van der Waals surface area (Å²) in [5, 5.41) is 15.5. The zero-order valence-corrected chi connectivity index (χ0v) is 14.8. The predicted octanol–water partition coefficient (Wildman–Crippen LogP) is 3.52. The van der Waals surface area contributed by atoms with Gasteiger partial charge in [0.1, 0.15) is 11.6 Å². The average molecular weight is 392 g/mol. The van der Waals surface area contributed by atoms with Gasteiger partial charge < -0.3 is 0 Å².